The minimum Gasteiger partial charge on any atom is -0.245 e. The van der Waals surface area contributed by atoms with Gasteiger partial charge in [-0.1, -0.05) is 17.7 Å². The monoisotopic (exact) mass is 317 g/mol. The van der Waals surface area contributed by atoms with Crippen LogP contribution in [0.25, 0.3) is 0 Å². The van der Waals surface area contributed by atoms with E-state index in [4.69, 9.17) is 0 Å². The molecule has 1 aromatic heterocycles. The van der Waals surface area contributed by atoms with E-state index in [0.29, 0.717) is 18.0 Å². The molecule has 0 unspecified atom stereocenters. The molecule has 0 N–H and O–H groups in total. The third-order valence-electron chi connectivity index (χ3n) is 4.07. The summed E-state index contributed by atoms with van der Waals surface area (Å²) in [4.78, 5) is 8.55. The molecule has 116 valence electrons. The lowest BCUT2D eigenvalue weighted by atomic mass is 9.96. The average molecular weight is 317 g/mol. The van der Waals surface area contributed by atoms with Crippen LogP contribution in [0.5, 0.6) is 0 Å². The summed E-state index contributed by atoms with van der Waals surface area (Å²) in [5.41, 5.74) is 1.97. The van der Waals surface area contributed by atoms with Gasteiger partial charge in [0.05, 0.1) is 4.90 Å². The first-order chi connectivity index (χ1) is 10.6. The molecule has 1 aromatic carbocycles. The maximum Gasteiger partial charge on any atom is 0.243 e. The van der Waals surface area contributed by atoms with Gasteiger partial charge in [0.2, 0.25) is 10.0 Å². The summed E-state index contributed by atoms with van der Waals surface area (Å²) in [6, 6.07) is 8.89. The second kappa shape index (κ2) is 6.14. The first-order valence-corrected chi connectivity index (χ1v) is 8.84. The van der Waals surface area contributed by atoms with E-state index in [1.807, 2.05) is 25.1 Å². The molecule has 0 amide bonds. The molecule has 2 heterocycles. The number of hydrogen-bond donors (Lipinski definition) is 0. The molecule has 1 aliphatic rings. The van der Waals surface area contributed by atoms with Gasteiger partial charge in [0.15, 0.2) is 0 Å². The zero-order chi connectivity index (χ0) is 15.6. The van der Waals surface area contributed by atoms with Crippen molar-refractivity contribution in [1.82, 2.24) is 14.3 Å². The maximum absolute atomic E-state index is 12.8. The summed E-state index contributed by atoms with van der Waals surface area (Å²) in [6.45, 7) is 2.99. The molecule has 0 saturated carbocycles. The van der Waals surface area contributed by atoms with Crippen LogP contribution in [0.4, 0.5) is 0 Å². The van der Waals surface area contributed by atoms with Crippen molar-refractivity contribution in [3.63, 3.8) is 0 Å². The quantitative estimate of drug-likeness (QED) is 0.872. The SMILES string of the molecule is Cc1ccc(S(=O)(=O)N2CCC[C@@H](c3ccncn3)C2)cc1. The fourth-order valence-corrected chi connectivity index (χ4v) is 4.33. The Morgan fingerprint density at radius 1 is 1.18 bits per heavy atom. The molecule has 1 saturated heterocycles. The van der Waals surface area contributed by atoms with Gasteiger partial charge in [0.1, 0.15) is 6.33 Å². The highest BCUT2D eigenvalue weighted by Crippen LogP contribution is 2.29. The molecule has 6 heteroatoms. The Morgan fingerprint density at radius 2 is 1.95 bits per heavy atom. The summed E-state index contributed by atoms with van der Waals surface area (Å²) in [5, 5.41) is 0. The number of piperidine rings is 1. The van der Waals surface area contributed by atoms with Crippen LogP contribution in [0.3, 0.4) is 0 Å². The number of hydrogen-bond acceptors (Lipinski definition) is 4. The molecule has 1 aliphatic heterocycles. The summed E-state index contributed by atoms with van der Waals surface area (Å²) in [5.74, 6) is 0.136. The predicted octanol–water partition coefficient (Wildman–Crippen LogP) is 2.35. The Labute approximate surface area is 131 Å². The Balaban J connectivity index is 1.83. The van der Waals surface area contributed by atoms with Crippen LogP contribution >= 0.6 is 0 Å². The van der Waals surface area contributed by atoms with Crippen molar-refractivity contribution in [1.29, 1.82) is 0 Å². The topological polar surface area (TPSA) is 63.2 Å². The van der Waals surface area contributed by atoms with Gasteiger partial charge >= 0.3 is 0 Å². The zero-order valence-electron chi connectivity index (χ0n) is 12.5. The standard InChI is InChI=1S/C16H19N3O2S/c1-13-4-6-15(7-5-13)22(20,21)19-10-2-3-14(11-19)16-8-9-17-12-18-16/h4-9,12,14H,2-3,10-11H2,1H3/t14-/m1/s1. The number of rotatable bonds is 3. The lowest BCUT2D eigenvalue weighted by molar-refractivity contribution is 0.312. The summed E-state index contributed by atoms with van der Waals surface area (Å²) in [6.07, 6.45) is 5.02. The highest BCUT2D eigenvalue weighted by atomic mass is 32.2. The third kappa shape index (κ3) is 3.03. The molecule has 1 fully saturated rings. The van der Waals surface area contributed by atoms with Crippen LogP contribution in [0.1, 0.15) is 30.0 Å². The molecule has 5 nitrogen and oxygen atoms in total. The van der Waals surface area contributed by atoms with Gasteiger partial charge in [-0.05, 0) is 38.0 Å². The van der Waals surface area contributed by atoms with Crippen molar-refractivity contribution in [2.24, 2.45) is 0 Å². The number of aryl methyl sites for hydroxylation is 1. The summed E-state index contributed by atoms with van der Waals surface area (Å²) < 4.78 is 27.1. The first kappa shape index (κ1) is 15.1. The van der Waals surface area contributed by atoms with Crippen LogP contribution in [0.15, 0.2) is 47.8 Å². The predicted molar refractivity (Wildman–Crippen MR) is 83.9 cm³/mol. The third-order valence-corrected chi connectivity index (χ3v) is 5.95. The molecular formula is C16H19N3O2S. The smallest absolute Gasteiger partial charge is 0.243 e. The highest BCUT2D eigenvalue weighted by molar-refractivity contribution is 7.89. The number of benzene rings is 1. The Kier molecular flexibility index (Phi) is 4.22. The van der Waals surface area contributed by atoms with E-state index in [1.165, 1.54) is 6.33 Å². The largest absolute Gasteiger partial charge is 0.245 e. The van der Waals surface area contributed by atoms with Crippen molar-refractivity contribution >= 4 is 10.0 Å². The van der Waals surface area contributed by atoms with Crippen LogP contribution in [0, 0.1) is 6.92 Å². The van der Waals surface area contributed by atoms with Crippen LogP contribution < -0.4 is 0 Å². The van der Waals surface area contributed by atoms with E-state index < -0.39 is 10.0 Å². The van der Waals surface area contributed by atoms with E-state index in [0.717, 1.165) is 24.1 Å². The fraction of sp³-hybridized carbons (Fsp3) is 0.375. The van der Waals surface area contributed by atoms with Crippen molar-refractivity contribution in [2.75, 3.05) is 13.1 Å². The lowest BCUT2D eigenvalue weighted by Gasteiger charge is -2.31. The highest BCUT2D eigenvalue weighted by Gasteiger charge is 2.31. The van der Waals surface area contributed by atoms with Gasteiger partial charge in [0, 0.05) is 30.9 Å². The van der Waals surface area contributed by atoms with Crippen molar-refractivity contribution in [3.8, 4) is 0 Å². The van der Waals surface area contributed by atoms with Gasteiger partial charge in [-0.15, -0.1) is 0 Å². The fourth-order valence-electron chi connectivity index (χ4n) is 2.80. The molecule has 22 heavy (non-hydrogen) atoms. The van der Waals surface area contributed by atoms with Gasteiger partial charge in [-0.25, -0.2) is 18.4 Å². The van der Waals surface area contributed by atoms with Crippen LogP contribution in [0.2, 0.25) is 0 Å². The number of sulfonamides is 1. The minimum atomic E-state index is -3.43. The average Bonchev–Trinajstić information content (AvgIpc) is 2.56. The van der Waals surface area contributed by atoms with E-state index in [-0.39, 0.29) is 5.92 Å². The normalized spacial score (nSPS) is 20.0. The molecule has 0 aliphatic carbocycles. The molecule has 2 aromatic rings. The number of aromatic nitrogens is 2. The first-order valence-electron chi connectivity index (χ1n) is 7.40. The van der Waals surface area contributed by atoms with E-state index in [2.05, 4.69) is 9.97 Å². The molecule has 0 radical (unpaired) electrons. The Bertz CT molecular complexity index is 730. The Morgan fingerprint density at radius 3 is 2.64 bits per heavy atom. The molecule has 0 spiro atoms. The second-order valence-electron chi connectivity index (χ2n) is 5.65. The summed E-state index contributed by atoms with van der Waals surface area (Å²) >= 11 is 0. The van der Waals surface area contributed by atoms with Gasteiger partial charge in [0.25, 0.3) is 0 Å². The van der Waals surface area contributed by atoms with E-state index >= 15 is 0 Å². The van der Waals surface area contributed by atoms with Crippen molar-refractivity contribution in [2.45, 2.75) is 30.6 Å². The lowest BCUT2D eigenvalue weighted by Crippen LogP contribution is -2.39. The summed E-state index contributed by atoms with van der Waals surface area (Å²) in [7, 11) is -3.43. The van der Waals surface area contributed by atoms with Crippen molar-refractivity contribution < 1.29 is 8.42 Å². The molecule has 1 atom stereocenters. The maximum atomic E-state index is 12.8. The van der Waals surface area contributed by atoms with E-state index in [1.54, 1.807) is 22.6 Å². The van der Waals surface area contributed by atoms with Gasteiger partial charge in [-0.3, -0.25) is 0 Å². The molecule has 0 bridgehead atoms. The van der Waals surface area contributed by atoms with Gasteiger partial charge < -0.3 is 0 Å². The van der Waals surface area contributed by atoms with Crippen molar-refractivity contribution in [3.05, 3.63) is 54.1 Å². The second-order valence-corrected chi connectivity index (χ2v) is 7.59. The van der Waals surface area contributed by atoms with E-state index in [9.17, 15) is 8.42 Å². The zero-order valence-corrected chi connectivity index (χ0v) is 13.3. The van der Waals surface area contributed by atoms with Gasteiger partial charge in [-0.2, -0.15) is 4.31 Å². The van der Waals surface area contributed by atoms with Crippen LogP contribution in [-0.2, 0) is 10.0 Å². The molecular weight excluding hydrogens is 298 g/mol. The Hall–Kier alpha value is -1.79. The molecule has 3 rings (SSSR count). The minimum absolute atomic E-state index is 0.136. The number of nitrogens with zero attached hydrogens (tertiary/aromatic N) is 3. The van der Waals surface area contributed by atoms with Crippen LogP contribution in [-0.4, -0.2) is 35.8 Å².